The van der Waals surface area contributed by atoms with Gasteiger partial charge in [0, 0.05) is 44.5 Å². The Hall–Kier alpha value is -2.47. The highest BCUT2D eigenvalue weighted by atomic mass is 15.4. The second-order valence-electron chi connectivity index (χ2n) is 6.37. The van der Waals surface area contributed by atoms with Gasteiger partial charge in [-0.2, -0.15) is 0 Å². The number of aromatic nitrogens is 4. The second kappa shape index (κ2) is 6.20. The van der Waals surface area contributed by atoms with Gasteiger partial charge in [0.2, 0.25) is 5.65 Å². The van der Waals surface area contributed by atoms with Gasteiger partial charge in [-0.05, 0) is 12.6 Å². The summed E-state index contributed by atoms with van der Waals surface area (Å²) in [6, 6.07) is 11.1. The topological polar surface area (TPSA) is 49.6 Å². The molecular weight excluding hydrogens is 300 g/mol. The predicted octanol–water partition coefficient (Wildman–Crippen LogP) is 2.01. The van der Waals surface area contributed by atoms with E-state index in [2.05, 4.69) is 69.3 Å². The van der Waals surface area contributed by atoms with Crippen LogP contribution < -0.4 is 4.90 Å². The lowest BCUT2D eigenvalue weighted by molar-refractivity contribution is 0.197. The highest BCUT2D eigenvalue weighted by molar-refractivity contribution is 5.65. The molecule has 1 saturated heterocycles. The Morgan fingerprint density at radius 2 is 1.96 bits per heavy atom. The van der Waals surface area contributed by atoms with Crippen LogP contribution in [0, 0.1) is 0 Å². The first kappa shape index (κ1) is 15.1. The molecule has 0 unspecified atom stereocenters. The van der Waals surface area contributed by atoms with Gasteiger partial charge in [0.05, 0.1) is 0 Å². The number of fused-ring (bicyclic) bond motifs is 1. The van der Waals surface area contributed by atoms with E-state index in [0.717, 1.165) is 43.3 Å². The maximum absolute atomic E-state index is 4.54. The first-order valence-electron chi connectivity index (χ1n) is 8.44. The maximum Gasteiger partial charge on any atom is 0.203 e. The van der Waals surface area contributed by atoms with Gasteiger partial charge in [-0.1, -0.05) is 37.3 Å². The predicted molar refractivity (Wildman–Crippen MR) is 94.1 cm³/mol. The minimum Gasteiger partial charge on any atom is -0.350 e. The van der Waals surface area contributed by atoms with E-state index >= 15 is 0 Å². The molecule has 2 aromatic heterocycles. The van der Waals surface area contributed by atoms with Crippen molar-refractivity contribution in [3.8, 4) is 0 Å². The van der Waals surface area contributed by atoms with E-state index in [4.69, 9.17) is 0 Å². The normalized spacial score (nSPS) is 15.2. The average molecular weight is 322 g/mol. The lowest BCUT2D eigenvalue weighted by Crippen LogP contribution is -2.58. The van der Waals surface area contributed by atoms with E-state index in [1.165, 1.54) is 5.56 Å². The van der Waals surface area contributed by atoms with Crippen molar-refractivity contribution in [3.05, 3.63) is 54.1 Å². The Balaban J connectivity index is 1.45. The highest BCUT2D eigenvalue weighted by Gasteiger charge is 2.32. The molecule has 3 aromatic rings. The summed E-state index contributed by atoms with van der Waals surface area (Å²) >= 11 is 0. The zero-order chi connectivity index (χ0) is 16.5. The number of anilines is 1. The van der Waals surface area contributed by atoms with Crippen LogP contribution in [0.15, 0.2) is 42.7 Å². The standard InChI is InChI=1S/C18H22N6/c1-3-16-20-21-18-17(19-9-10-24(16)18)23-12-15(13-23)22(2)11-14-7-5-4-6-8-14/h4-10,15H,3,11-13H2,1-2H3. The summed E-state index contributed by atoms with van der Waals surface area (Å²) in [6.07, 6.45) is 4.65. The van der Waals surface area contributed by atoms with Crippen molar-refractivity contribution >= 4 is 11.5 Å². The van der Waals surface area contributed by atoms with Gasteiger partial charge in [-0.3, -0.25) is 9.30 Å². The largest absolute Gasteiger partial charge is 0.350 e. The third-order valence-electron chi connectivity index (χ3n) is 4.76. The number of hydrogen-bond donors (Lipinski definition) is 0. The van der Waals surface area contributed by atoms with Gasteiger partial charge in [-0.15, -0.1) is 10.2 Å². The molecule has 0 radical (unpaired) electrons. The fourth-order valence-corrected chi connectivity index (χ4v) is 3.23. The highest BCUT2D eigenvalue weighted by Crippen LogP contribution is 2.25. The zero-order valence-electron chi connectivity index (χ0n) is 14.1. The van der Waals surface area contributed by atoms with Crippen molar-refractivity contribution in [1.82, 2.24) is 24.5 Å². The lowest BCUT2D eigenvalue weighted by atomic mass is 10.1. The van der Waals surface area contributed by atoms with Crippen molar-refractivity contribution in [1.29, 1.82) is 0 Å². The molecule has 1 aromatic carbocycles. The molecule has 6 nitrogen and oxygen atoms in total. The number of aryl methyl sites for hydroxylation is 1. The van der Waals surface area contributed by atoms with Crippen LogP contribution >= 0.6 is 0 Å². The van der Waals surface area contributed by atoms with Crippen LogP contribution in [0.3, 0.4) is 0 Å². The first-order valence-corrected chi connectivity index (χ1v) is 8.44. The summed E-state index contributed by atoms with van der Waals surface area (Å²) in [6.45, 7) is 5.02. The zero-order valence-corrected chi connectivity index (χ0v) is 14.1. The molecule has 0 atom stereocenters. The molecule has 1 aliphatic rings. The van der Waals surface area contributed by atoms with E-state index in [0.29, 0.717) is 6.04 Å². The van der Waals surface area contributed by atoms with Crippen LogP contribution in [0.1, 0.15) is 18.3 Å². The maximum atomic E-state index is 4.54. The van der Waals surface area contributed by atoms with Crippen molar-refractivity contribution in [2.24, 2.45) is 0 Å². The third kappa shape index (κ3) is 2.63. The third-order valence-corrected chi connectivity index (χ3v) is 4.76. The number of benzene rings is 1. The second-order valence-corrected chi connectivity index (χ2v) is 6.37. The van der Waals surface area contributed by atoms with Crippen molar-refractivity contribution in [2.75, 3.05) is 25.0 Å². The van der Waals surface area contributed by atoms with Crippen LogP contribution in [0.2, 0.25) is 0 Å². The van der Waals surface area contributed by atoms with Crippen molar-refractivity contribution in [3.63, 3.8) is 0 Å². The molecule has 0 N–H and O–H groups in total. The SMILES string of the molecule is CCc1nnc2c(N3CC(N(C)Cc4ccccc4)C3)nccn12. The van der Waals surface area contributed by atoms with E-state index in [9.17, 15) is 0 Å². The number of nitrogens with zero attached hydrogens (tertiary/aromatic N) is 6. The Morgan fingerprint density at radius 1 is 1.17 bits per heavy atom. The molecule has 0 amide bonds. The molecule has 0 saturated carbocycles. The van der Waals surface area contributed by atoms with E-state index in [1.807, 2.05) is 16.8 Å². The first-order chi connectivity index (χ1) is 11.8. The molecular formula is C18H22N6. The van der Waals surface area contributed by atoms with E-state index < -0.39 is 0 Å². The smallest absolute Gasteiger partial charge is 0.203 e. The summed E-state index contributed by atoms with van der Waals surface area (Å²) in [5.74, 6) is 1.92. The summed E-state index contributed by atoms with van der Waals surface area (Å²) in [5.41, 5.74) is 2.21. The summed E-state index contributed by atoms with van der Waals surface area (Å²) in [7, 11) is 2.19. The number of rotatable bonds is 5. The van der Waals surface area contributed by atoms with Crippen molar-refractivity contribution in [2.45, 2.75) is 25.9 Å². The van der Waals surface area contributed by atoms with Crippen LogP contribution in [0.4, 0.5) is 5.82 Å². The molecule has 0 bridgehead atoms. The summed E-state index contributed by atoms with van der Waals surface area (Å²) < 4.78 is 2.04. The van der Waals surface area contributed by atoms with Crippen molar-refractivity contribution < 1.29 is 0 Å². The molecule has 6 heteroatoms. The van der Waals surface area contributed by atoms with Crippen LogP contribution in [0.5, 0.6) is 0 Å². The quantitative estimate of drug-likeness (QED) is 0.719. The Bertz CT molecular complexity index is 822. The number of likely N-dealkylation sites (N-methyl/N-ethyl adjacent to an activating group) is 1. The fourth-order valence-electron chi connectivity index (χ4n) is 3.23. The molecule has 4 rings (SSSR count). The molecule has 124 valence electrons. The molecule has 1 fully saturated rings. The minimum absolute atomic E-state index is 0.542. The van der Waals surface area contributed by atoms with Gasteiger partial charge in [0.15, 0.2) is 5.82 Å². The number of hydrogen-bond acceptors (Lipinski definition) is 5. The van der Waals surface area contributed by atoms with Gasteiger partial charge in [-0.25, -0.2) is 4.98 Å². The van der Waals surface area contributed by atoms with Crippen LogP contribution in [-0.4, -0.2) is 50.7 Å². The molecule has 0 aliphatic carbocycles. The van der Waals surface area contributed by atoms with Gasteiger partial charge < -0.3 is 4.90 Å². The van der Waals surface area contributed by atoms with Gasteiger partial charge in [0.1, 0.15) is 5.82 Å². The fraction of sp³-hybridized carbons (Fsp3) is 0.389. The van der Waals surface area contributed by atoms with Gasteiger partial charge in [0.25, 0.3) is 0 Å². The molecule has 24 heavy (non-hydrogen) atoms. The average Bonchev–Trinajstić information content (AvgIpc) is 2.98. The van der Waals surface area contributed by atoms with Gasteiger partial charge >= 0.3 is 0 Å². The van der Waals surface area contributed by atoms with Crippen LogP contribution in [-0.2, 0) is 13.0 Å². The molecule has 3 heterocycles. The Labute approximate surface area is 141 Å². The minimum atomic E-state index is 0.542. The van der Waals surface area contributed by atoms with E-state index in [1.54, 1.807) is 0 Å². The molecule has 1 aliphatic heterocycles. The molecule has 0 spiro atoms. The monoisotopic (exact) mass is 322 g/mol. The van der Waals surface area contributed by atoms with E-state index in [-0.39, 0.29) is 0 Å². The summed E-state index contributed by atoms with van der Waals surface area (Å²) in [5, 5.41) is 8.59. The summed E-state index contributed by atoms with van der Waals surface area (Å²) in [4.78, 5) is 9.24. The van der Waals surface area contributed by atoms with Crippen LogP contribution in [0.25, 0.3) is 5.65 Å². The Kier molecular flexibility index (Phi) is 3.90. The Morgan fingerprint density at radius 3 is 2.71 bits per heavy atom. The lowest BCUT2D eigenvalue weighted by Gasteiger charge is -2.44.